The fourth-order valence-corrected chi connectivity index (χ4v) is 3.07. The second kappa shape index (κ2) is 6.57. The molecule has 0 aromatic carbocycles. The van der Waals surface area contributed by atoms with E-state index < -0.39 is 23.7 Å². The summed E-state index contributed by atoms with van der Waals surface area (Å²) in [6.45, 7) is 10.4. The van der Waals surface area contributed by atoms with Gasteiger partial charge in [0.1, 0.15) is 0 Å². The number of nitrogens with one attached hydrogen (secondary N) is 2. The summed E-state index contributed by atoms with van der Waals surface area (Å²) < 4.78 is 36.7. The van der Waals surface area contributed by atoms with E-state index in [1.807, 2.05) is 19.2 Å². The zero-order valence-corrected chi connectivity index (χ0v) is 14.3. The first kappa shape index (κ1) is 19.6. The third kappa shape index (κ3) is 6.66. The first-order valence-corrected chi connectivity index (χ1v) is 7.64. The van der Waals surface area contributed by atoms with Gasteiger partial charge in [0.25, 0.3) is 0 Å². The molecular weight excluding hydrogens is 311 g/mol. The number of carbonyl (C=O) groups excluding carboxylic acids is 2. The largest absolute Gasteiger partial charge is 0.471 e. The Balaban J connectivity index is 2.53. The van der Waals surface area contributed by atoms with Crippen LogP contribution in [0.4, 0.5) is 18.0 Å². The second-order valence-electron chi connectivity index (χ2n) is 7.95. The highest BCUT2D eigenvalue weighted by Gasteiger charge is 2.41. The molecular formula is C15H26F3N3O2. The van der Waals surface area contributed by atoms with E-state index in [1.165, 1.54) is 4.90 Å². The molecule has 5 nitrogen and oxygen atoms in total. The molecule has 0 bridgehead atoms. The van der Waals surface area contributed by atoms with Gasteiger partial charge in [0.2, 0.25) is 0 Å². The van der Waals surface area contributed by atoms with E-state index in [4.69, 9.17) is 0 Å². The fraction of sp³-hybridized carbons (Fsp3) is 0.867. The predicted molar refractivity (Wildman–Crippen MR) is 80.9 cm³/mol. The zero-order valence-electron chi connectivity index (χ0n) is 14.3. The summed E-state index contributed by atoms with van der Waals surface area (Å²) in [5.74, 6) is -1.96. The minimum Gasteiger partial charge on any atom is -0.344 e. The highest BCUT2D eigenvalue weighted by atomic mass is 19.4. The van der Waals surface area contributed by atoms with Gasteiger partial charge in [0.15, 0.2) is 0 Å². The maximum absolute atomic E-state index is 12.3. The summed E-state index contributed by atoms with van der Waals surface area (Å²) in [6, 6.07) is -0.983. The van der Waals surface area contributed by atoms with Crippen LogP contribution in [-0.4, -0.2) is 47.7 Å². The lowest BCUT2D eigenvalue weighted by atomic mass is 9.82. The lowest BCUT2D eigenvalue weighted by Crippen LogP contribution is -2.51. The number of halogens is 3. The summed E-state index contributed by atoms with van der Waals surface area (Å²) in [5, 5.41) is 4.83. The summed E-state index contributed by atoms with van der Waals surface area (Å²) in [7, 11) is 0. The standard InChI is InChI=1S/C15H26F3N3O2/c1-13(2,3)9-14(4,5)20-12(23)21-7-6-10(8-21)19-11(22)15(16,17)18/h10H,6-9H2,1-5H3,(H,19,22)(H,20,23). The van der Waals surface area contributed by atoms with Crippen molar-refractivity contribution in [2.75, 3.05) is 13.1 Å². The Labute approximate surface area is 135 Å². The maximum atomic E-state index is 12.3. The van der Waals surface area contributed by atoms with E-state index in [-0.39, 0.29) is 18.0 Å². The molecule has 1 rings (SSSR count). The Kier molecular flexibility index (Phi) is 5.59. The number of hydrogen-bond donors (Lipinski definition) is 2. The Morgan fingerprint density at radius 1 is 1.13 bits per heavy atom. The van der Waals surface area contributed by atoms with E-state index in [9.17, 15) is 22.8 Å². The average molecular weight is 337 g/mol. The molecule has 134 valence electrons. The summed E-state index contributed by atoms with van der Waals surface area (Å²) in [4.78, 5) is 24.6. The first-order chi connectivity index (χ1) is 10.2. The lowest BCUT2D eigenvalue weighted by Gasteiger charge is -2.34. The van der Waals surface area contributed by atoms with Crippen molar-refractivity contribution < 1.29 is 22.8 Å². The van der Waals surface area contributed by atoms with E-state index in [2.05, 4.69) is 26.1 Å². The SMILES string of the molecule is CC(C)(C)CC(C)(C)NC(=O)N1CCC(NC(=O)C(F)(F)F)C1. The Bertz CT molecular complexity index is 456. The summed E-state index contributed by atoms with van der Waals surface area (Å²) in [6.07, 6.45) is -3.83. The molecule has 1 unspecified atom stereocenters. The molecule has 0 spiro atoms. The molecule has 8 heteroatoms. The molecule has 0 aromatic rings. The van der Waals surface area contributed by atoms with Crippen molar-refractivity contribution in [1.82, 2.24) is 15.5 Å². The molecule has 1 saturated heterocycles. The highest BCUT2D eigenvalue weighted by Crippen LogP contribution is 2.27. The lowest BCUT2D eigenvalue weighted by molar-refractivity contribution is -0.174. The number of likely N-dealkylation sites (tertiary alicyclic amines) is 1. The summed E-state index contributed by atoms with van der Waals surface area (Å²) in [5.41, 5.74) is -0.395. The van der Waals surface area contributed by atoms with Crippen molar-refractivity contribution in [3.63, 3.8) is 0 Å². The maximum Gasteiger partial charge on any atom is 0.471 e. The van der Waals surface area contributed by atoms with Crippen LogP contribution in [0, 0.1) is 5.41 Å². The molecule has 0 radical (unpaired) electrons. The molecule has 0 aliphatic carbocycles. The number of hydrogen-bond acceptors (Lipinski definition) is 2. The van der Waals surface area contributed by atoms with Gasteiger partial charge in [-0.2, -0.15) is 13.2 Å². The molecule has 1 aliphatic rings. The number of urea groups is 1. The van der Waals surface area contributed by atoms with Gasteiger partial charge in [-0.05, 0) is 32.1 Å². The van der Waals surface area contributed by atoms with Crippen molar-refractivity contribution in [2.24, 2.45) is 5.41 Å². The van der Waals surface area contributed by atoms with E-state index in [0.717, 1.165) is 6.42 Å². The van der Waals surface area contributed by atoms with E-state index in [0.29, 0.717) is 13.0 Å². The monoisotopic (exact) mass is 337 g/mol. The van der Waals surface area contributed by atoms with Crippen molar-refractivity contribution in [3.8, 4) is 0 Å². The van der Waals surface area contributed by atoms with Crippen LogP contribution in [0.3, 0.4) is 0 Å². The Hall–Kier alpha value is -1.47. The normalized spacial score (nSPS) is 19.7. The Morgan fingerprint density at radius 2 is 1.70 bits per heavy atom. The van der Waals surface area contributed by atoms with Gasteiger partial charge in [-0.15, -0.1) is 0 Å². The number of alkyl halides is 3. The first-order valence-electron chi connectivity index (χ1n) is 7.64. The molecule has 0 saturated carbocycles. The number of amides is 3. The number of nitrogens with zero attached hydrogens (tertiary/aromatic N) is 1. The quantitative estimate of drug-likeness (QED) is 0.832. The molecule has 1 heterocycles. The van der Waals surface area contributed by atoms with Crippen LogP contribution in [-0.2, 0) is 4.79 Å². The highest BCUT2D eigenvalue weighted by molar-refractivity contribution is 5.82. The van der Waals surface area contributed by atoms with Crippen molar-refractivity contribution >= 4 is 11.9 Å². The van der Waals surface area contributed by atoms with Crippen LogP contribution >= 0.6 is 0 Å². The predicted octanol–water partition coefficient (Wildman–Crippen LogP) is 2.66. The Morgan fingerprint density at radius 3 is 2.17 bits per heavy atom. The van der Waals surface area contributed by atoms with Gasteiger partial charge < -0.3 is 15.5 Å². The molecule has 0 aromatic heterocycles. The molecule has 1 atom stereocenters. The van der Waals surface area contributed by atoms with Gasteiger partial charge in [0, 0.05) is 24.7 Å². The molecule has 23 heavy (non-hydrogen) atoms. The van der Waals surface area contributed by atoms with Crippen molar-refractivity contribution in [2.45, 2.75) is 65.2 Å². The molecule has 1 aliphatic heterocycles. The smallest absolute Gasteiger partial charge is 0.344 e. The second-order valence-corrected chi connectivity index (χ2v) is 7.95. The van der Waals surface area contributed by atoms with Crippen LogP contribution in [0.25, 0.3) is 0 Å². The van der Waals surface area contributed by atoms with Crippen LogP contribution in [0.15, 0.2) is 0 Å². The van der Waals surface area contributed by atoms with Crippen molar-refractivity contribution in [1.29, 1.82) is 0 Å². The third-order valence-corrected chi connectivity index (χ3v) is 3.49. The average Bonchev–Trinajstić information content (AvgIpc) is 2.71. The summed E-state index contributed by atoms with van der Waals surface area (Å²) >= 11 is 0. The molecule has 1 fully saturated rings. The fourth-order valence-electron chi connectivity index (χ4n) is 3.07. The van der Waals surface area contributed by atoms with Gasteiger partial charge in [-0.1, -0.05) is 20.8 Å². The number of carbonyl (C=O) groups is 2. The van der Waals surface area contributed by atoms with Gasteiger partial charge in [-0.25, -0.2) is 4.79 Å². The molecule has 3 amide bonds. The van der Waals surface area contributed by atoms with Crippen LogP contribution < -0.4 is 10.6 Å². The third-order valence-electron chi connectivity index (χ3n) is 3.49. The van der Waals surface area contributed by atoms with Crippen LogP contribution in [0.1, 0.15) is 47.5 Å². The zero-order chi connectivity index (χ0) is 18.1. The van der Waals surface area contributed by atoms with Crippen LogP contribution in [0.2, 0.25) is 0 Å². The number of rotatable bonds is 3. The topological polar surface area (TPSA) is 61.4 Å². The minimum absolute atomic E-state index is 0.0327. The van der Waals surface area contributed by atoms with Gasteiger partial charge >= 0.3 is 18.1 Å². The van der Waals surface area contributed by atoms with E-state index >= 15 is 0 Å². The van der Waals surface area contributed by atoms with Gasteiger partial charge in [0.05, 0.1) is 0 Å². The van der Waals surface area contributed by atoms with E-state index in [1.54, 1.807) is 0 Å². The van der Waals surface area contributed by atoms with Crippen LogP contribution in [0.5, 0.6) is 0 Å². The minimum atomic E-state index is -4.90. The van der Waals surface area contributed by atoms with Gasteiger partial charge in [-0.3, -0.25) is 4.79 Å². The van der Waals surface area contributed by atoms with Crippen molar-refractivity contribution in [3.05, 3.63) is 0 Å². The molecule has 2 N–H and O–H groups in total.